The molecule has 0 saturated carbocycles. The molecular weight excluding hydrogens is 108 g/mol. The van der Waals surface area contributed by atoms with Gasteiger partial charge in [-0.05, 0) is 0 Å². The molecule has 52 valence electrons. The fourth-order valence-corrected chi connectivity index (χ4v) is 0. The van der Waals surface area contributed by atoms with Crippen LogP contribution in [-0.4, -0.2) is 35.2 Å². The van der Waals surface area contributed by atoms with Crippen molar-refractivity contribution in [2.24, 2.45) is 0 Å². The van der Waals surface area contributed by atoms with Crippen LogP contribution < -0.4 is 0 Å². The Morgan fingerprint density at radius 3 is 0.875 bits per heavy atom. The van der Waals surface area contributed by atoms with Crippen LogP contribution in [0.5, 0.6) is 0 Å². The molecule has 0 atom stereocenters. The van der Waals surface area contributed by atoms with Crippen molar-refractivity contribution in [1.82, 2.24) is 0 Å². The van der Waals surface area contributed by atoms with E-state index in [2.05, 4.69) is 9.47 Å². The summed E-state index contributed by atoms with van der Waals surface area (Å²) in [5, 5.41) is 0. The first kappa shape index (κ1) is 15.6. The van der Waals surface area contributed by atoms with E-state index in [0.717, 1.165) is 0 Å². The minimum Gasteiger partial charge on any atom is -0.388 e. The lowest BCUT2D eigenvalue weighted by Gasteiger charge is -1.61. The Labute approximate surface area is 50.6 Å². The smallest absolute Gasteiger partial charge is 0.106 e. The van der Waals surface area contributed by atoms with Gasteiger partial charge in [0.1, 0.15) is 6.79 Å². The van der Waals surface area contributed by atoms with Crippen molar-refractivity contribution >= 4 is 6.79 Å². The lowest BCUT2D eigenvalue weighted by Crippen LogP contribution is -1.55. The molecule has 3 nitrogen and oxygen atoms in total. The molecule has 0 aromatic rings. The largest absolute Gasteiger partial charge is 0.388 e. The molecule has 0 aliphatic carbocycles. The summed E-state index contributed by atoms with van der Waals surface area (Å²) in [5.41, 5.74) is 0. The number of ether oxygens (including phenoxy) is 2. The number of methoxy groups -OCH3 is 2. The fraction of sp³-hybridized carbons (Fsp3) is 0.800. The molecule has 0 fully saturated rings. The van der Waals surface area contributed by atoms with E-state index in [1.165, 1.54) is 0 Å². The summed E-state index contributed by atoms with van der Waals surface area (Å²) in [5.74, 6) is 0. The molecule has 0 radical (unpaired) electrons. The second-order valence-electron chi connectivity index (χ2n) is 0.816. The molecule has 0 heterocycles. The molecule has 0 aliphatic rings. The van der Waals surface area contributed by atoms with Crippen LogP contribution in [0, 0.1) is 0 Å². The maximum absolute atomic E-state index is 8.00. The van der Waals surface area contributed by atoms with E-state index in [4.69, 9.17) is 4.79 Å². The molecule has 0 amide bonds. The molecule has 0 saturated heterocycles. The van der Waals surface area contributed by atoms with Gasteiger partial charge in [0.2, 0.25) is 0 Å². The predicted molar refractivity (Wildman–Crippen MR) is 33.0 cm³/mol. The van der Waals surface area contributed by atoms with Gasteiger partial charge in [0.05, 0.1) is 0 Å². The summed E-state index contributed by atoms with van der Waals surface area (Å²) in [6.07, 6.45) is 0. The van der Waals surface area contributed by atoms with Gasteiger partial charge in [-0.1, -0.05) is 0 Å². The van der Waals surface area contributed by atoms with Crippen LogP contribution in [-0.2, 0) is 14.3 Å². The van der Waals surface area contributed by atoms with E-state index in [0.29, 0.717) is 0 Å². The zero-order valence-electron chi connectivity index (χ0n) is 5.93. The lowest BCUT2D eigenvalue weighted by molar-refractivity contribution is -0.0979. The Kier molecular flexibility index (Phi) is 159. The van der Waals surface area contributed by atoms with E-state index in [1.54, 1.807) is 28.4 Å². The Morgan fingerprint density at radius 1 is 0.875 bits per heavy atom. The monoisotopic (exact) mass is 122 g/mol. The van der Waals surface area contributed by atoms with Crippen LogP contribution in [0.15, 0.2) is 0 Å². The molecule has 0 aliphatic heterocycles. The van der Waals surface area contributed by atoms with Gasteiger partial charge in [-0.3, -0.25) is 0 Å². The summed E-state index contributed by atoms with van der Waals surface area (Å²) in [7, 11) is 6.50. The summed E-state index contributed by atoms with van der Waals surface area (Å²) >= 11 is 0. The average Bonchev–Trinajstić information content (AvgIpc) is 1.75. The maximum atomic E-state index is 8.00. The van der Waals surface area contributed by atoms with Crippen LogP contribution in [0.3, 0.4) is 0 Å². The number of carbonyl (C=O) groups excluding carboxylic acids is 1. The number of hydrogen-bond acceptors (Lipinski definition) is 3. The van der Waals surface area contributed by atoms with Crippen molar-refractivity contribution in [3.8, 4) is 0 Å². The molecule has 0 bridgehead atoms. The topological polar surface area (TPSA) is 35.5 Å². The first-order chi connectivity index (χ1) is 3.83. The number of carbonyl (C=O) groups is 1. The molecule has 0 aromatic carbocycles. The van der Waals surface area contributed by atoms with Gasteiger partial charge in [0.15, 0.2) is 0 Å². The summed E-state index contributed by atoms with van der Waals surface area (Å²) in [6, 6.07) is 0. The van der Waals surface area contributed by atoms with E-state index in [-0.39, 0.29) is 0 Å². The van der Waals surface area contributed by atoms with Gasteiger partial charge in [0, 0.05) is 28.4 Å². The minimum atomic E-state index is 1.62. The highest BCUT2D eigenvalue weighted by Gasteiger charge is 1.26. The van der Waals surface area contributed by atoms with Crippen molar-refractivity contribution in [3.05, 3.63) is 0 Å². The second-order valence-corrected chi connectivity index (χ2v) is 0.816. The first-order valence-corrected chi connectivity index (χ1v) is 1.92. The van der Waals surface area contributed by atoms with Crippen molar-refractivity contribution in [2.75, 3.05) is 28.4 Å². The Bertz CT molecular complexity index is 15.1. The molecule has 0 spiro atoms. The molecule has 0 rings (SSSR count). The van der Waals surface area contributed by atoms with Gasteiger partial charge in [-0.2, -0.15) is 0 Å². The lowest BCUT2D eigenvalue weighted by atomic mass is 11.6. The van der Waals surface area contributed by atoms with Crippen molar-refractivity contribution in [3.63, 3.8) is 0 Å². The molecule has 0 N–H and O–H groups in total. The van der Waals surface area contributed by atoms with Crippen LogP contribution >= 0.6 is 0 Å². The molecule has 8 heavy (non-hydrogen) atoms. The van der Waals surface area contributed by atoms with E-state index >= 15 is 0 Å². The zero-order valence-corrected chi connectivity index (χ0v) is 5.93. The Balaban J connectivity index is -0.0000000483. The highest BCUT2D eigenvalue weighted by Crippen LogP contribution is 1.28. The van der Waals surface area contributed by atoms with Crippen molar-refractivity contribution < 1.29 is 14.3 Å². The maximum Gasteiger partial charge on any atom is 0.106 e. The Hall–Kier alpha value is -0.410. The third kappa shape index (κ3) is 701. The highest BCUT2D eigenvalue weighted by molar-refractivity contribution is 5.10. The average molecular weight is 122 g/mol. The van der Waals surface area contributed by atoms with E-state index in [1.807, 2.05) is 6.79 Å². The molecular formula is C5H14O3. The van der Waals surface area contributed by atoms with Gasteiger partial charge in [0.25, 0.3) is 0 Å². The van der Waals surface area contributed by atoms with Crippen LogP contribution in [0.2, 0.25) is 0 Å². The minimum absolute atomic E-state index is 1.62. The Morgan fingerprint density at radius 2 is 0.875 bits per heavy atom. The summed E-state index contributed by atoms with van der Waals surface area (Å²) in [4.78, 5) is 8.00. The third-order valence-electron chi connectivity index (χ3n) is 0. The van der Waals surface area contributed by atoms with Crippen molar-refractivity contribution in [1.29, 1.82) is 0 Å². The zero-order chi connectivity index (χ0) is 7.41. The standard InChI is InChI=1S/2C2H6O.CH2O/c2*1-3-2;1-2/h2*1-2H3;1H2. The van der Waals surface area contributed by atoms with Gasteiger partial charge in [-0.15, -0.1) is 0 Å². The predicted octanol–water partition coefficient (Wildman–Crippen LogP) is 0.340. The van der Waals surface area contributed by atoms with Gasteiger partial charge < -0.3 is 14.3 Å². The second kappa shape index (κ2) is 81.5. The van der Waals surface area contributed by atoms with E-state index in [9.17, 15) is 0 Å². The normalized spacial score (nSPS) is 5.00. The van der Waals surface area contributed by atoms with Crippen molar-refractivity contribution in [2.45, 2.75) is 0 Å². The summed E-state index contributed by atoms with van der Waals surface area (Å²) < 4.78 is 8.50. The number of hydrogen-bond donors (Lipinski definition) is 0. The van der Waals surface area contributed by atoms with Crippen LogP contribution in [0.1, 0.15) is 0 Å². The number of rotatable bonds is 0. The van der Waals surface area contributed by atoms with Gasteiger partial charge >= 0.3 is 0 Å². The summed E-state index contributed by atoms with van der Waals surface area (Å²) in [6.45, 7) is 2.00. The first-order valence-electron chi connectivity index (χ1n) is 1.92. The van der Waals surface area contributed by atoms with E-state index < -0.39 is 0 Å². The highest BCUT2D eigenvalue weighted by atomic mass is 16.5. The third-order valence-corrected chi connectivity index (χ3v) is 0. The molecule has 0 unspecified atom stereocenters. The van der Waals surface area contributed by atoms with Gasteiger partial charge in [-0.25, -0.2) is 0 Å². The molecule has 3 heteroatoms. The quantitative estimate of drug-likeness (QED) is 0.464. The fourth-order valence-electron chi connectivity index (χ4n) is 0. The van der Waals surface area contributed by atoms with Crippen LogP contribution in [0.4, 0.5) is 0 Å². The molecule has 0 aromatic heterocycles. The SMILES string of the molecule is C=O.COC.COC. The van der Waals surface area contributed by atoms with Crippen LogP contribution in [0.25, 0.3) is 0 Å².